The summed E-state index contributed by atoms with van der Waals surface area (Å²) in [6, 6.07) is 16.1. The number of nitro groups is 1. The van der Waals surface area contributed by atoms with Gasteiger partial charge in [-0.05, 0) is 37.3 Å². The van der Waals surface area contributed by atoms with Crippen LogP contribution in [0.2, 0.25) is 0 Å². The zero-order valence-corrected chi connectivity index (χ0v) is 17.9. The first-order chi connectivity index (χ1) is 15.5. The number of carbonyl (C=O) groups excluding carboxylic acids is 1. The maximum absolute atomic E-state index is 12.9. The van der Waals surface area contributed by atoms with Gasteiger partial charge in [0.05, 0.1) is 17.7 Å². The van der Waals surface area contributed by atoms with Crippen LogP contribution < -0.4 is 9.64 Å². The van der Waals surface area contributed by atoms with Crippen molar-refractivity contribution < 1.29 is 14.5 Å². The van der Waals surface area contributed by atoms with E-state index in [2.05, 4.69) is 15.1 Å². The number of aromatic nitrogens is 2. The second-order valence-electron chi connectivity index (χ2n) is 7.49. The maximum Gasteiger partial charge on any atom is 0.273 e. The summed E-state index contributed by atoms with van der Waals surface area (Å²) in [5, 5.41) is 19.9. The van der Waals surface area contributed by atoms with E-state index >= 15 is 0 Å². The van der Waals surface area contributed by atoms with E-state index in [0.717, 1.165) is 22.8 Å². The fourth-order valence-corrected chi connectivity index (χ4v) is 3.79. The fourth-order valence-electron chi connectivity index (χ4n) is 3.79. The Morgan fingerprint density at radius 2 is 1.78 bits per heavy atom. The molecule has 0 unspecified atom stereocenters. The average molecular weight is 433 g/mol. The fraction of sp³-hybridized carbons (Fsp3) is 0.261. The molecule has 0 aliphatic carbocycles. The van der Waals surface area contributed by atoms with E-state index < -0.39 is 4.92 Å². The Kier molecular flexibility index (Phi) is 5.98. The lowest BCUT2D eigenvalue weighted by Gasteiger charge is -2.35. The molecule has 1 amide bonds. The number of carbonyl (C=O) groups is 1. The van der Waals surface area contributed by atoms with Gasteiger partial charge < -0.3 is 14.5 Å². The highest BCUT2D eigenvalue weighted by atomic mass is 16.6. The van der Waals surface area contributed by atoms with Crippen molar-refractivity contribution >= 4 is 17.4 Å². The normalized spacial score (nSPS) is 13.7. The Morgan fingerprint density at radius 3 is 2.44 bits per heavy atom. The van der Waals surface area contributed by atoms with Crippen molar-refractivity contribution in [2.24, 2.45) is 0 Å². The Morgan fingerprint density at radius 1 is 1.03 bits per heavy atom. The van der Waals surface area contributed by atoms with Gasteiger partial charge in [0.15, 0.2) is 5.82 Å². The van der Waals surface area contributed by atoms with Gasteiger partial charge in [0.2, 0.25) is 0 Å². The van der Waals surface area contributed by atoms with Crippen molar-refractivity contribution in [1.29, 1.82) is 0 Å². The molecule has 0 radical (unpaired) electrons. The number of hydrogen-bond acceptors (Lipinski definition) is 7. The van der Waals surface area contributed by atoms with Gasteiger partial charge in [0.1, 0.15) is 5.75 Å². The van der Waals surface area contributed by atoms with Gasteiger partial charge in [0, 0.05) is 48.9 Å². The van der Waals surface area contributed by atoms with Gasteiger partial charge in [-0.25, -0.2) is 0 Å². The van der Waals surface area contributed by atoms with Gasteiger partial charge in [-0.2, -0.15) is 0 Å². The molecule has 0 bridgehead atoms. The Labute approximate surface area is 185 Å². The number of methoxy groups -OCH3 is 1. The van der Waals surface area contributed by atoms with E-state index in [1.807, 2.05) is 36.4 Å². The van der Waals surface area contributed by atoms with Crippen molar-refractivity contribution in [3.05, 3.63) is 75.8 Å². The topological polar surface area (TPSA) is 102 Å². The molecule has 0 spiro atoms. The quantitative estimate of drug-likeness (QED) is 0.449. The molecule has 2 aromatic carbocycles. The molecular weight excluding hydrogens is 410 g/mol. The van der Waals surface area contributed by atoms with Gasteiger partial charge in [0.25, 0.3) is 11.6 Å². The van der Waals surface area contributed by atoms with Crippen molar-refractivity contribution in [1.82, 2.24) is 15.1 Å². The monoisotopic (exact) mass is 433 g/mol. The van der Waals surface area contributed by atoms with E-state index in [4.69, 9.17) is 4.74 Å². The minimum atomic E-state index is -0.460. The number of ether oxygens (including phenoxy) is 1. The van der Waals surface area contributed by atoms with Crippen LogP contribution >= 0.6 is 0 Å². The highest BCUT2D eigenvalue weighted by molar-refractivity contribution is 5.96. The number of hydrogen-bond donors (Lipinski definition) is 0. The lowest BCUT2D eigenvalue weighted by molar-refractivity contribution is -0.385. The van der Waals surface area contributed by atoms with Gasteiger partial charge in [-0.1, -0.05) is 18.2 Å². The highest BCUT2D eigenvalue weighted by Gasteiger charge is 2.26. The van der Waals surface area contributed by atoms with Crippen molar-refractivity contribution in [3.8, 4) is 17.0 Å². The summed E-state index contributed by atoms with van der Waals surface area (Å²) in [6.07, 6.45) is 0. The van der Waals surface area contributed by atoms with E-state index in [-0.39, 0.29) is 11.6 Å². The molecule has 1 aliphatic rings. The number of anilines is 1. The Bertz CT molecular complexity index is 1140. The zero-order valence-electron chi connectivity index (χ0n) is 17.9. The summed E-state index contributed by atoms with van der Waals surface area (Å²) in [6.45, 7) is 3.82. The average Bonchev–Trinajstić information content (AvgIpc) is 2.84. The Balaban J connectivity index is 1.42. The molecule has 9 heteroatoms. The van der Waals surface area contributed by atoms with Crippen LogP contribution in [0.25, 0.3) is 11.3 Å². The van der Waals surface area contributed by atoms with Crippen molar-refractivity contribution in [2.75, 3.05) is 38.2 Å². The largest absolute Gasteiger partial charge is 0.497 e. The first kappa shape index (κ1) is 21.2. The smallest absolute Gasteiger partial charge is 0.273 e. The zero-order chi connectivity index (χ0) is 22.7. The number of piperazine rings is 1. The Hall–Kier alpha value is -4.01. The van der Waals surface area contributed by atoms with Gasteiger partial charge >= 0.3 is 0 Å². The van der Waals surface area contributed by atoms with Crippen molar-refractivity contribution in [2.45, 2.75) is 6.92 Å². The third kappa shape index (κ3) is 4.22. The summed E-state index contributed by atoms with van der Waals surface area (Å²) in [7, 11) is 1.62. The minimum Gasteiger partial charge on any atom is -0.497 e. The summed E-state index contributed by atoms with van der Waals surface area (Å²) < 4.78 is 5.26. The van der Waals surface area contributed by atoms with E-state index in [0.29, 0.717) is 37.3 Å². The van der Waals surface area contributed by atoms with Crippen LogP contribution in [0.4, 0.5) is 11.5 Å². The predicted octanol–water partition coefficient (Wildman–Crippen LogP) is 3.33. The molecule has 32 heavy (non-hydrogen) atoms. The number of rotatable bonds is 5. The van der Waals surface area contributed by atoms with Crippen molar-refractivity contribution in [3.63, 3.8) is 0 Å². The molecule has 3 aromatic rings. The van der Waals surface area contributed by atoms with Crippen LogP contribution in [-0.2, 0) is 0 Å². The number of amides is 1. The van der Waals surface area contributed by atoms with Crippen LogP contribution in [0, 0.1) is 17.0 Å². The number of nitrogens with zero attached hydrogens (tertiary/aromatic N) is 5. The lowest BCUT2D eigenvalue weighted by atomic mass is 10.1. The SMILES string of the molecule is COc1cccc(-c2ccc(N3CCN(C(=O)c4cccc([N+](=O)[O-])c4C)CC3)nn2)c1. The molecule has 0 atom stereocenters. The summed E-state index contributed by atoms with van der Waals surface area (Å²) >= 11 is 0. The molecular formula is C23H23N5O4. The summed E-state index contributed by atoms with van der Waals surface area (Å²) in [5.41, 5.74) is 2.40. The molecule has 2 heterocycles. The molecule has 0 N–H and O–H groups in total. The molecule has 1 fully saturated rings. The molecule has 9 nitrogen and oxygen atoms in total. The van der Waals surface area contributed by atoms with Crippen LogP contribution in [0.15, 0.2) is 54.6 Å². The minimum absolute atomic E-state index is 0.0408. The van der Waals surface area contributed by atoms with Crippen LogP contribution in [0.5, 0.6) is 5.75 Å². The summed E-state index contributed by atoms with van der Waals surface area (Å²) in [5.74, 6) is 1.31. The highest BCUT2D eigenvalue weighted by Crippen LogP contribution is 2.25. The van der Waals surface area contributed by atoms with E-state index in [9.17, 15) is 14.9 Å². The van der Waals surface area contributed by atoms with Crippen LogP contribution in [0.3, 0.4) is 0 Å². The van der Waals surface area contributed by atoms with E-state index in [1.165, 1.54) is 6.07 Å². The number of benzene rings is 2. The molecule has 1 aliphatic heterocycles. The lowest BCUT2D eigenvalue weighted by Crippen LogP contribution is -2.49. The molecule has 4 rings (SSSR count). The molecule has 1 aromatic heterocycles. The van der Waals surface area contributed by atoms with E-state index in [1.54, 1.807) is 31.1 Å². The predicted molar refractivity (Wildman–Crippen MR) is 120 cm³/mol. The second-order valence-corrected chi connectivity index (χ2v) is 7.49. The second kappa shape index (κ2) is 9.01. The molecule has 164 valence electrons. The first-order valence-electron chi connectivity index (χ1n) is 10.2. The molecule has 1 saturated heterocycles. The number of nitro benzene ring substituents is 1. The third-order valence-corrected chi connectivity index (χ3v) is 5.64. The standard InChI is InChI=1S/C23H23N5O4/c1-16-19(7-4-8-21(16)28(30)31)23(29)27-13-11-26(12-14-27)22-10-9-20(24-25-22)17-5-3-6-18(15-17)32-2/h3-10,15H,11-14H2,1-2H3. The molecule has 0 saturated carbocycles. The van der Waals surface area contributed by atoms with Crippen LogP contribution in [0.1, 0.15) is 15.9 Å². The van der Waals surface area contributed by atoms with Gasteiger partial charge in [-0.3, -0.25) is 14.9 Å². The first-order valence-corrected chi connectivity index (χ1v) is 10.2. The van der Waals surface area contributed by atoms with Crippen LogP contribution in [-0.4, -0.2) is 59.2 Å². The third-order valence-electron chi connectivity index (χ3n) is 5.64. The summed E-state index contributed by atoms with van der Waals surface area (Å²) in [4.78, 5) is 27.5. The van der Waals surface area contributed by atoms with Gasteiger partial charge in [-0.15, -0.1) is 10.2 Å². The maximum atomic E-state index is 12.9.